The minimum atomic E-state index is -0.195. The lowest BCUT2D eigenvalue weighted by Crippen LogP contribution is -2.84. The Hall–Kier alpha value is -1.15. The molecule has 27 heavy (non-hydrogen) atoms. The van der Waals surface area contributed by atoms with Crippen LogP contribution < -0.4 is 20.7 Å². The van der Waals surface area contributed by atoms with E-state index in [1.54, 1.807) is 30.0 Å². The number of nitrogens with one attached hydrogen (secondary N) is 3. The van der Waals surface area contributed by atoms with E-state index in [0.717, 1.165) is 19.3 Å². The summed E-state index contributed by atoms with van der Waals surface area (Å²) in [4.78, 5) is 24.5. The summed E-state index contributed by atoms with van der Waals surface area (Å²) in [5.41, 5.74) is -0.332. The highest BCUT2D eigenvalue weighted by Gasteiger charge is 2.69. The van der Waals surface area contributed by atoms with Crippen molar-refractivity contribution in [3.8, 4) is 5.75 Å². The Balaban J connectivity index is 1.20. The summed E-state index contributed by atoms with van der Waals surface area (Å²) in [5, 5.41) is 10.6. The van der Waals surface area contributed by atoms with Gasteiger partial charge in [0.25, 0.3) is 5.91 Å². The standard InChI is InChI=1S/C18H21Cl2N3O3S/c1-10-21-5-14(27-10)16(25)23-18-7-17(8-18,9-18)22-15(24)6-26-11-2-3-12(19)13(20)4-11/h2-4,10,14,21H,5-9H2,1H3,(H,22,24)(H,23,25). The zero-order valence-corrected chi connectivity index (χ0v) is 17.1. The smallest absolute Gasteiger partial charge is 0.258 e. The van der Waals surface area contributed by atoms with Crippen LogP contribution >= 0.6 is 35.0 Å². The number of rotatable bonds is 6. The van der Waals surface area contributed by atoms with Crippen LogP contribution in [0, 0.1) is 0 Å². The molecule has 3 saturated carbocycles. The van der Waals surface area contributed by atoms with Gasteiger partial charge in [0.15, 0.2) is 6.61 Å². The average molecular weight is 430 g/mol. The van der Waals surface area contributed by atoms with E-state index in [1.807, 2.05) is 0 Å². The molecule has 3 aliphatic carbocycles. The van der Waals surface area contributed by atoms with Gasteiger partial charge in [-0.15, -0.1) is 11.8 Å². The van der Waals surface area contributed by atoms with Crippen LogP contribution in [0.25, 0.3) is 0 Å². The molecule has 1 saturated heterocycles. The van der Waals surface area contributed by atoms with Gasteiger partial charge in [-0.3, -0.25) is 9.59 Å². The first-order valence-corrected chi connectivity index (χ1v) is 10.6. The minimum Gasteiger partial charge on any atom is -0.484 e. The van der Waals surface area contributed by atoms with Crippen LogP contribution in [0.1, 0.15) is 26.2 Å². The van der Waals surface area contributed by atoms with Crippen molar-refractivity contribution >= 4 is 46.8 Å². The second kappa shape index (κ2) is 7.03. The summed E-state index contributed by atoms with van der Waals surface area (Å²) < 4.78 is 5.47. The molecule has 9 heteroatoms. The van der Waals surface area contributed by atoms with Gasteiger partial charge in [-0.25, -0.2) is 0 Å². The van der Waals surface area contributed by atoms with Gasteiger partial charge in [-0.1, -0.05) is 23.2 Å². The first-order valence-electron chi connectivity index (χ1n) is 8.88. The zero-order chi connectivity index (χ0) is 19.2. The Kier molecular flexibility index (Phi) is 4.99. The molecule has 4 aliphatic rings. The third-order valence-electron chi connectivity index (χ3n) is 5.34. The SMILES string of the molecule is CC1NCC(C(=O)NC23CC(NC(=O)COc4ccc(Cl)c(Cl)c4)(C2)C3)S1. The van der Waals surface area contributed by atoms with Gasteiger partial charge >= 0.3 is 0 Å². The quantitative estimate of drug-likeness (QED) is 0.646. The first kappa shape index (κ1) is 19.2. The third-order valence-corrected chi connectivity index (χ3v) is 7.36. The molecular formula is C18H21Cl2N3O3S. The van der Waals surface area contributed by atoms with Crippen molar-refractivity contribution in [2.75, 3.05) is 13.2 Å². The molecule has 5 rings (SSSR count). The fraction of sp³-hybridized carbons (Fsp3) is 0.556. The van der Waals surface area contributed by atoms with Crippen LogP contribution in [0.4, 0.5) is 0 Å². The van der Waals surface area contributed by atoms with E-state index >= 15 is 0 Å². The van der Waals surface area contributed by atoms with Crippen molar-refractivity contribution in [2.45, 2.75) is 47.9 Å². The fourth-order valence-electron chi connectivity index (χ4n) is 4.21. The second-order valence-corrected chi connectivity index (χ2v) is 10.0. The van der Waals surface area contributed by atoms with E-state index in [9.17, 15) is 9.59 Å². The summed E-state index contributed by atoms with van der Waals surface area (Å²) in [5.74, 6) is 0.419. The Morgan fingerprint density at radius 1 is 1.22 bits per heavy atom. The number of thioether (sulfide) groups is 1. The first-order chi connectivity index (χ1) is 12.8. The van der Waals surface area contributed by atoms with Gasteiger partial charge < -0.3 is 20.7 Å². The maximum atomic E-state index is 12.4. The highest BCUT2D eigenvalue weighted by Crippen LogP contribution is 2.60. The molecule has 1 aromatic carbocycles. The number of ether oxygens (including phenoxy) is 1. The summed E-state index contributed by atoms with van der Waals surface area (Å²) >= 11 is 13.4. The second-order valence-electron chi connectivity index (χ2n) is 7.67. The molecule has 6 nitrogen and oxygen atoms in total. The van der Waals surface area contributed by atoms with Crippen molar-refractivity contribution in [3.05, 3.63) is 28.2 Å². The molecule has 0 radical (unpaired) electrons. The molecular weight excluding hydrogens is 409 g/mol. The summed E-state index contributed by atoms with van der Waals surface area (Å²) in [7, 11) is 0. The van der Waals surface area contributed by atoms with E-state index in [2.05, 4.69) is 22.9 Å². The van der Waals surface area contributed by atoms with Gasteiger partial charge in [0, 0.05) is 23.7 Å². The molecule has 2 atom stereocenters. The van der Waals surface area contributed by atoms with Crippen LogP contribution in [0.5, 0.6) is 5.75 Å². The largest absolute Gasteiger partial charge is 0.484 e. The Morgan fingerprint density at radius 2 is 1.93 bits per heavy atom. The Bertz CT molecular complexity index is 771. The van der Waals surface area contributed by atoms with E-state index in [4.69, 9.17) is 27.9 Å². The number of benzene rings is 1. The summed E-state index contributed by atoms with van der Waals surface area (Å²) in [6.07, 6.45) is 2.35. The molecule has 1 heterocycles. The molecule has 4 fully saturated rings. The lowest BCUT2D eigenvalue weighted by Gasteiger charge is -2.70. The number of amides is 2. The predicted octanol–water partition coefficient (Wildman–Crippen LogP) is 2.33. The van der Waals surface area contributed by atoms with E-state index < -0.39 is 0 Å². The highest BCUT2D eigenvalue weighted by atomic mass is 35.5. The molecule has 2 unspecified atom stereocenters. The third kappa shape index (κ3) is 3.88. The Morgan fingerprint density at radius 3 is 2.56 bits per heavy atom. The molecule has 0 aromatic heterocycles. The van der Waals surface area contributed by atoms with Crippen molar-refractivity contribution in [1.82, 2.24) is 16.0 Å². The Labute approximate surface area is 172 Å². The van der Waals surface area contributed by atoms with Crippen molar-refractivity contribution < 1.29 is 14.3 Å². The topological polar surface area (TPSA) is 79.5 Å². The molecule has 2 bridgehead atoms. The van der Waals surface area contributed by atoms with Crippen molar-refractivity contribution in [2.24, 2.45) is 0 Å². The van der Waals surface area contributed by atoms with Crippen molar-refractivity contribution in [3.63, 3.8) is 0 Å². The van der Waals surface area contributed by atoms with Crippen LogP contribution in [-0.2, 0) is 9.59 Å². The minimum absolute atomic E-state index is 0.0285. The molecule has 0 spiro atoms. The van der Waals surface area contributed by atoms with Crippen molar-refractivity contribution in [1.29, 1.82) is 0 Å². The van der Waals surface area contributed by atoms with Gasteiger partial charge in [-0.05, 0) is 38.3 Å². The van der Waals surface area contributed by atoms with Gasteiger partial charge in [0.1, 0.15) is 5.75 Å². The van der Waals surface area contributed by atoms with Gasteiger partial charge in [-0.2, -0.15) is 0 Å². The number of hydrogen-bond donors (Lipinski definition) is 3. The van der Waals surface area contributed by atoms with Crippen LogP contribution in [0.15, 0.2) is 18.2 Å². The maximum absolute atomic E-state index is 12.4. The molecule has 146 valence electrons. The monoisotopic (exact) mass is 429 g/mol. The maximum Gasteiger partial charge on any atom is 0.258 e. The van der Waals surface area contributed by atoms with E-state index in [1.165, 1.54) is 0 Å². The van der Waals surface area contributed by atoms with E-state index in [-0.39, 0.29) is 34.7 Å². The number of carbonyl (C=O) groups is 2. The predicted molar refractivity (Wildman–Crippen MR) is 106 cm³/mol. The molecule has 1 aromatic rings. The highest BCUT2D eigenvalue weighted by molar-refractivity contribution is 8.01. The fourth-order valence-corrected chi connectivity index (χ4v) is 5.56. The summed E-state index contributed by atoms with van der Waals surface area (Å²) in [6.45, 7) is 2.69. The van der Waals surface area contributed by atoms with Crippen LogP contribution in [0.3, 0.4) is 0 Å². The molecule has 2 amide bonds. The zero-order valence-electron chi connectivity index (χ0n) is 14.8. The molecule has 1 aliphatic heterocycles. The number of hydrogen-bond acceptors (Lipinski definition) is 5. The lowest BCUT2D eigenvalue weighted by atomic mass is 9.44. The average Bonchev–Trinajstić information content (AvgIpc) is 2.99. The van der Waals surface area contributed by atoms with Crippen LogP contribution in [-0.4, -0.2) is 46.7 Å². The van der Waals surface area contributed by atoms with Gasteiger partial charge in [0.05, 0.1) is 20.7 Å². The van der Waals surface area contributed by atoms with E-state index in [0.29, 0.717) is 27.7 Å². The lowest BCUT2D eigenvalue weighted by molar-refractivity contribution is -0.150. The number of carbonyl (C=O) groups excluding carboxylic acids is 2. The normalized spacial score (nSPS) is 33.6. The summed E-state index contributed by atoms with van der Waals surface area (Å²) in [6, 6.07) is 4.88. The van der Waals surface area contributed by atoms with Gasteiger partial charge in [0.2, 0.25) is 5.91 Å². The molecule has 3 N–H and O–H groups in total. The number of halogens is 2. The van der Waals surface area contributed by atoms with Crippen LogP contribution in [0.2, 0.25) is 10.0 Å².